The molecule has 0 N–H and O–H groups in total. The molecule has 1 amide bonds. The monoisotopic (exact) mass is 285 g/mol. The first-order valence-corrected chi connectivity index (χ1v) is 7.33. The number of aromatic nitrogens is 1. The molecule has 0 spiro atoms. The van der Waals surface area contributed by atoms with Gasteiger partial charge in [0.15, 0.2) is 0 Å². The molecule has 0 radical (unpaired) electrons. The number of hydrogen-bond acceptors (Lipinski definition) is 4. The largest absolute Gasteiger partial charge is 0.490 e. The maximum atomic E-state index is 12.8. The Morgan fingerprint density at radius 1 is 1.48 bits per heavy atom. The quantitative estimate of drug-likeness (QED) is 0.834. The summed E-state index contributed by atoms with van der Waals surface area (Å²) in [7, 11) is 0. The first-order valence-electron chi connectivity index (χ1n) is 7.33. The van der Waals surface area contributed by atoms with Crippen LogP contribution < -0.4 is 4.74 Å². The van der Waals surface area contributed by atoms with E-state index in [1.807, 2.05) is 18.7 Å². The van der Waals surface area contributed by atoms with Gasteiger partial charge in [-0.15, -0.1) is 0 Å². The zero-order valence-electron chi connectivity index (χ0n) is 12.4. The molecule has 0 bridgehead atoms. The number of nitriles is 1. The molecule has 0 aromatic carbocycles. The van der Waals surface area contributed by atoms with Crippen LogP contribution in [0.15, 0.2) is 12.4 Å². The summed E-state index contributed by atoms with van der Waals surface area (Å²) in [5, 5.41) is 9.12. The fraction of sp³-hybridized carbons (Fsp3) is 0.562. The third-order valence-corrected chi connectivity index (χ3v) is 4.50. The van der Waals surface area contributed by atoms with Gasteiger partial charge in [-0.1, -0.05) is 13.8 Å². The van der Waals surface area contributed by atoms with E-state index in [1.165, 1.54) is 6.20 Å². The smallest absolute Gasteiger partial charge is 0.228 e. The average molecular weight is 285 g/mol. The number of nitrogens with zero attached hydrogens (tertiary/aromatic N) is 3. The average Bonchev–Trinajstić information content (AvgIpc) is 3.31. The van der Waals surface area contributed by atoms with Crippen molar-refractivity contribution >= 4 is 5.91 Å². The summed E-state index contributed by atoms with van der Waals surface area (Å²) in [4.78, 5) is 18.7. The second-order valence-electron chi connectivity index (χ2n) is 6.36. The summed E-state index contributed by atoms with van der Waals surface area (Å²) in [6.07, 6.45) is 5.47. The Morgan fingerprint density at radius 3 is 2.90 bits per heavy atom. The highest BCUT2D eigenvalue weighted by Crippen LogP contribution is 2.46. The molecule has 21 heavy (non-hydrogen) atoms. The first-order chi connectivity index (χ1) is 10.0. The molecule has 1 aliphatic heterocycles. The summed E-state index contributed by atoms with van der Waals surface area (Å²) in [6.45, 7) is 5.49. The Balaban J connectivity index is 1.86. The van der Waals surface area contributed by atoms with Crippen LogP contribution in [0.3, 0.4) is 0 Å². The highest BCUT2D eigenvalue weighted by molar-refractivity contribution is 5.82. The number of carbonyl (C=O) groups excluding carboxylic acids is 1. The van der Waals surface area contributed by atoms with Crippen molar-refractivity contribution in [1.29, 1.82) is 5.26 Å². The number of hydrogen-bond donors (Lipinski definition) is 0. The second kappa shape index (κ2) is 5.03. The van der Waals surface area contributed by atoms with E-state index in [0.717, 1.165) is 18.4 Å². The maximum absolute atomic E-state index is 12.8. The Kier molecular flexibility index (Phi) is 3.32. The van der Waals surface area contributed by atoms with Crippen LogP contribution in [0, 0.1) is 22.7 Å². The van der Waals surface area contributed by atoms with E-state index in [1.54, 1.807) is 6.20 Å². The number of carbonyl (C=O) groups is 1. The topological polar surface area (TPSA) is 66.2 Å². The van der Waals surface area contributed by atoms with Gasteiger partial charge in [0.05, 0.1) is 13.1 Å². The second-order valence-corrected chi connectivity index (χ2v) is 6.36. The number of fused-ring (bicyclic) bond motifs is 1. The third-order valence-electron chi connectivity index (χ3n) is 4.50. The van der Waals surface area contributed by atoms with Gasteiger partial charge in [-0.3, -0.25) is 9.78 Å². The van der Waals surface area contributed by atoms with Gasteiger partial charge in [0.2, 0.25) is 5.91 Å². The Bertz CT molecular complexity index is 614. The molecule has 0 unspecified atom stereocenters. The molecule has 2 heterocycles. The van der Waals surface area contributed by atoms with Gasteiger partial charge in [-0.2, -0.15) is 5.26 Å². The van der Waals surface area contributed by atoms with Crippen LogP contribution in [0.5, 0.6) is 5.75 Å². The lowest BCUT2D eigenvalue weighted by Gasteiger charge is -2.31. The molecule has 0 saturated heterocycles. The lowest BCUT2D eigenvalue weighted by atomic mass is 9.85. The van der Waals surface area contributed by atoms with Gasteiger partial charge in [-0.25, -0.2) is 0 Å². The van der Waals surface area contributed by atoms with E-state index < -0.39 is 0 Å². The van der Waals surface area contributed by atoms with Crippen LogP contribution in [0.25, 0.3) is 0 Å². The highest BCUT2D eigenvalue weighted by Gasteiger charge is 2.45. The van der Waals surface area contributed by atoms with Crippen LogP contribution in [0.4, 0.5) is 0 Å². The molecular weight excluding hydrogens is 266 g/mol. The molecule has 1 fully saturated rings. The summed E-state index contributed by atoms with van der Waals surface area (Å²) >= 11 is 0. The molecule has 2 aliphatic rings. The predicted molar refractivity (Wildman–Crippen MR) is 76.4 cm³/mol. The minimum Gasteiger partial charge on any atom is -0.490 e. The van der Waals surface area contributed by atoms with Crippen LogP contribution in [-0.2, 0) is 11.3 Å². The van der Waals surface area contributed by atoms with Crippen molar-refractivity contribution in [3.05, 3.63) is 23.5 Å². The van der Waals surface area contributed by atoms with E-state index in [2.05, 4.69) is 11.1 Å². The Morgan fingerprint density at radius 2 is 2.24 bits per heavy atom. The minimum absolute atomic E-state index is 0.170. The van der Waals surface area contributed by atoms with Gasteiger partial charge in [0.25, 0.3) is 0 Å². The SMILES string of the molecule is CC(C)(C(=O)N1CCOc2c(C#N)cncc2C1)C1CC1. The predicted octanol–water partition coefficient (Wildman–Crippen LogP) is 2.11. The molecule has 3 rings (SSSR count). The van der Waals surface area contributed by atoms with Crippen molar-refractivity contribution in [2.24, 2.45) is 11.3 Å². The zero-order chi connectivity index (χ0) is 15.0. The van der Waals surface area contributed by atoms with Gasteiger partial charge < -0.3 is 9.64 Å². The van der Waals surface area contributed by atoms with Crippen molar-refractivity contribution in [1.82, 2.24) is 9.88 Å². The Labute approximate surface area is 124 Å². The summed E-state index contributed by atoms with van der Waals surface area (Å²) in [5.41, 5.74) is 0.930. The van der Waals surface area contributed by atoms with Crippen LogP contribution in [0.1, 0.15) is 37.8 Å². The van der Waals surface area contributed by atoms with Gasteiger partial charge in [0, 0.05) is 23.4 Å². The van der Waals surface area contributed by atoms with Gasteiger partial charge >= 0.3 is 0 Å². The normalized spacial score (nSPS) is 18.2. The maximum Gasteiger partial charge on any atom is 0.228 e. The van der Waals surface area contributed by atoms with Crippen LogP contribution >= 0.6 is 0 Å². The van der Waals surface area contributed by atoms with Crippen molar-refractivity contribution in [3.8, 4) is 11.8 Å². The molecule has 110 valence electrons. The molecule has 0 atom stereocenters. The minimum atomic E-state index is -0.315. The van der Waals surface area contributed by atoms with Gasteiger partial charge in [0.1, 0.15) is 24.0 Å². The molecule has 1 aromatic rings. The lowest BCUT2D eigenvalue weighted by Crippen LogP contribution is -2.42. The standard InChI is InChI=1S/C16H19N3O2/c1-16(2,13-3-4-13)15(20)19-5-6-21-14-11(7-17)8-18-9-12(14)10-19/h8-9,13H,3-6,10H2,1-2H3. The lowest BCUT2D eigenvalue weighted by molar-refractivity contribution is -0.142. The van der Waals surface area contributed by atoms with Crippen molar-refractivity contribution < 1.29 is 9.53 Å². The van der Waals surface area contributed by atoms with Crippen LogP contribution in [0.2, 0.25) is 0 Å². The number of ether oxygens (including phenoxy) is 1. The number of rotatable bonds is 2. The fourth-order valence-electron chi connectivity index (χ4n) is 2.96. The molecule has 1 aromatic heterocycles. The summed E-state index contributed by atoms with van der Waals surface area (Å²) < 4.78 is 5.68. The van der Waals surface area contributed by atoms with Crippen molar-refractivity contribution in [2.45, 2.75) is 33.2 Å². The van der Waals surface area contributed by atoms with Gasteiger partial charge in [-0.05, 0) is 18.8 Å². The molecule has 5 heteroatoms. The van der Waals surface area contributed by atoms with Crippen LogP contribution in [-0.4, -0.2) is 28.9 Å². The summed E-state index contributed by atoms with van der Waals surface area (Å²) in [6, 6.07) is 2.09. The van der Waals surface area contributed by atoms with E-state index in [0.29, 0.717) is 36.9 Å². The van der Waals surface area contributed by atoms with Crippen molar-refractivity contribution in [2.75, 3.05) is 13.2 Å². The van der Waals surface area contributed by atoms with E-state index >= 15 is 0 Å². The Hall–Kier alpha value is -2.09. The van der Waals surface area contributed by atoms with E-state index in [-0.39, 0.29) is 11.3 Å². The zero-order valence-corrected chi connectivity index (χ0v) is 12.4. The molecular formula is C16H19N3O2. The van der Waals surface area contributed by atoms with E-state index in [9.17, 15) is 4.79 Å². The first kappa shape index (κ1) is 13.9. The van der Waals surface area contributed by atoms with Crippen molar-refractivity contribution in [3.63, 3.8) is 0 Å². The molecule has 1 saturated carbocycles. The fourth-order valence-corrected chi connectivity index (χ4v) is 2.96. The third kappa shape index (κ3) is 2.46. The highest BCUT2D eigenvalue weighted by atomic mass is 16.5. The molecule has 5 nitrogen and oxygen atoms in total. The molecule has 1 aliphatic carbocycles. The summed E-state index contributed by atoms with van der Waals surface area (Å²) in [5.74, 6) is 1.24. The number of amides is 1. The van der Waals surface area contributed by atoms with E-state index in [4.69, 9.17) is 10.00 Å². The number of pyridine rings is 1.